The smallest absolute Gasteiger partial charge is 0.415 e. The van der Waals surface area contributed by atoms with Crippen molar-refractivity contribution in [2.24, 2.45) is 5.92 Å². The molecule has 0 spiro atoms. The number of carbonyl (C=O) groups excluding carboxylic acids is 1. The molecule has 1 saturated carbocycles. The van der Waals surface area contributed by atoms with E-state index in [2.05, 4.69) is 23.7 Å². The van der Waals surface area contributed by atoms with Crippen molar-refractivity contribution in [1.82, 2.24) is 0 Å². The Morgan fingerprint density at radius 3 is 2.73 bits per heavy atom. The Hall–Kier alpha value is -4.24. The lowest BCUT2D eigenvalue weighted by molar-refractivity contribution is 0.153. The summed E-state index contributed by atoms with van der Waals surface area (Å²) >= 11 is 0. The standard InChI is InChI=1S/C33H27NO6S/c1-38-25-17-18-28-27(22-25)33-24-12-4-2-3-5-16-30(32(33,40-33)19-9-13-24)34(28)31(35)39-20-21-41(36,37)29-15-8-11-23-10-6-7-14-26(23)29/h2-3,6-8,10-11,14-15,17-18,22,24,30H,9,13,19-21H2,1H3/b3-2-/t24-,30-,32-,33+/m0/s1. The summed E-state index contributed by atoms with van der Waals surface area (Å²) in [5.41, 5.74) is -0.0192. The van der Waals surface area contributed by atoms with Crippen LogP contribution in [0.5, 0.6) is 5.75 Å². The summed E-state index contributed by atoms with van der Waals surface area (Å²) in [6, 6.07) is 17.4. The average Bonchev–Trinajstić information content (AvgIpc) is 3.70. The van der Waals surface area contributed by atoms with Gasteiger partial charge in [-0.05, 0) is 61.1 Å². The molecule has 206 valence electrons. The maximum Gasteiger partial charge on any atom is 0.415 e. The lowest BCUT2D eigenvalue weighted by atomic mass is 9.64. The van der Waals surface area contributed by atoms with Gasteiger partial charge in [-0.25, -0.2) is 13.2 Å². The highest BCUT2D eigenvalue weighted by atomic mass is 32.2. The molecule has 4 aliphatic rings. The Bertz CT molecular complexity index is 1850. The summed E-state index contributed by atoms with van der Waals surface area (Å²) in [6.45, 7) is -0.306. The van der Waals surface area contributed by atoms with Crippen LogP contribution in [-0.2, 0) is 24.9 Å². The molecule has 3 aromatic rings. The van der Waals surface area contributed by atoms with E-state index >= 15 is 0 Å². The van der Waals surface area contributed by atoms with Crippen molar-refractivity contribution in [3.63, 3.8) is 0 Å². The fourth-order valence-electron chi connectivity index (χ4n) is 6.80. The van der Waals surface area contributed by atoms with Gasteiger partial charge in [-0.1, -0.05) is 60.1 Å². The van der Waals surface area contributed by atoms with E-state index in [4.69, 9.17) is 14.2 Å². The van der Waals surface area contributed by atoms with Crippen LogP contribution in [0, 0.1) is 29.6 Å². The van der Waals surface area contributed by atoms with E-state index in [0.29, 0.717) is 23.2 Å². The molecule has 0 radical (unpaired) electrons. The second-order valence-corrected chi connectivity index (χ2v) is 12.7. The van der Waals surface area contributed by atoms with Crippen molar-refractivity contribution < 1.29 is 27.4 Å². The molecule has 0 aromatic heterocycles. The van der Waals surface area contributed by atoms with Gasteiger partial charge in [0.2, 0.25) is 0 Å². The largest absolute Gasteiger partial charge is 0.497 e. The van der Waals surface area contributed by atoms with Gasteiger partial charge in [0.05, 0.1) is 29.4 Å². The number of nitrogens with zero attached hydrogens (tertiary/aromatic N) is 1. The Morgan fingerprint density at radius 2 is 1.88 bits per heavy atom. The number of hydrogen-bond acceptors (Lipinski definition) is 6. The number of rotatable bonds is 5. The normalized spacial score (nSPS) is 27.6. The van der Waals surface area contributed by atoms with Crippen LogP contribution in [0.15, 0.2) is 77.7 Å². The molecule has 2 heterocycles. The Kier molecular flexibility index (Phi) is 5.90. The molecule has 4 atom stereocenters. The molecule has 0 N–H and O–H groups in total. The lowest BCUT2D eigenvalue weighted by Gasteiger charge is -2.43. The molecule has 2 aliphatic carbocycles. The predicted molar refractivity (Wildman–Crippen MR) is 154 cm³/mol. The van der Waals surface area contributed by atoms with Crippen LogP contribution in [0.25, 0.3) is 10.8 Å². The summed E-state index contributed by atoms with van der Waals surface area (Å²) in [7, 11) is -2.13. The van der Waals surface area contributed by atoms with Gasteiger partial charge in [0.15, 0.2) is 9.84 Å². The molecule has 3 aromatic carbocycles. The van der Waals surface area contributed by atoms with Gasteiger partial charge in [-0.3, -0.25) is 4.90 Å². The fraction of sp³-hybridized carbons (Fsp3) is 0.303. The average molecular weight is 566 g/mol. The third-order valence-corrected chi connectivity index (χ3v) is 10.3. The van der Waals surface area contributed by atoms with Crippen molar-refractivity contribution >= 4 is 32.4 Å². The monoisotopic (exact) mass is 565 g/mol. The van der Waals surface area contributed by atoms with Crippen LogP contribution in [0.4, 0.5) is 10.5 Å². The van der Waals surface area contributed by atoms with Crippen LogP contribution in [0.3, 0.4) is 0 Å². The molecule has 8 heteroatoms. The van der Waals surface area contributed by atoms with Crippen LogP contribution in [-0.4, -0.2) is 45.6 Å². The number of epoxide rings is 1. The second-order valence-electron chi connectivity index (χ2n) is 10.6. The van der Waals surface area contributed by atoms with Crippen molar-refractivity contribution in [3.8, 4) is 29.4 Å². The number of methoxy groups -OCH3 is 1. The van der Waals surface area contributed by atoms with E-state index in [9.17, 15) is 13.2 Å². The van der Waals surface area contributed by atoms with E-state index in [1.807, 2.05) is 30.3 Å². The summed E-state index contributed by atoms with van der Waals surface area (Å²) in [6.07, 6.45) is 5.19. The van der Waals surface area contributed by atoms with Crippen molar-refractivity contribution in [2.45, 2.75) is 41.4 Å². The van der Waals surface area contributed by atoms with Crippen LogP contribution in [0.1, 0.15) is 24.8 Å². The van der Waals surface area contributed by atoms with Crippen molar-refractivity contribution in [3.05, 3.63) is 78.4 Å². The topological polar surface area (TPSA) is 85.4 Å². The molecular formula is C33H27NO6S. The number of anilines is 1. The molecule has 1 saturated heterocycles. The number of ether oxygens (including phenoxy) is 3. The minimum Gasteiger partial charge on any atom is -0.497 e. The van der Waals surface area contributed by atoms with E-state index < -0.39 is 33.2 Å². The zero-order valence-electron chi connectivity index (χ0n) is 22.4. The number of carbonyl (C=O) groups is 1. The molecule has 41 heavy (non-hydrogen) atoms. The number of hydrogen-bond donors (Lipinski definition) is 0. The highest BCUT2D eigenvalue weighted by molar-refractivity contribution is 7.91. The zero-order chi connectivity index (χ0) is 28.2. The number of amides is 1. The first kappa shape index (κ1) is 25.7. The molecule has 2 fully saturated rings. The van der Waals surface area contributed by atoms with Gasteiger partial charge in [-0.15, -0.1) is 0 Å². The highest BCUT2D eigenvalue weighted by Crippen LogP contribution is 2.72. The van der Waals surface area contributed by atoms with Gasteiger partial charge in [-0.2, -0.15) is 0 Å². The number of allylic oxidation sites excluding steroid dienone is 2. The zero-order valence-corrected chi connectivity index (χ0v) is 23.2. The Labute approximate surface area is 239 Å². The number of fused-ring (bicyclic) bond motifs is 2. The number of sulfone groups is 1. The van der Waals surface area contributed by atoms with Gasteiger partial charge in [0, 0.05) is 10.9 Å². The molecule has 0 unspecified atom stereocenters. The second kappa shape index (κ2) is 9.41. The summed E-state index contributed by atoms with van der Waals surface area (Å²) < 4.78 is 44.6. The fourth-order valence-corrected chi connectivity index (χ4v) is 8.13. The van der Waals surface area contributed by atoms with Crippen LogP contribution in [0.2, 0.25) is 0 Å². The third kappa shape index (κ3) is 3.79. The first-order valence-electron chi connectivity index (χ1n) is 13.6. The van der Waals surface area contributed by atoms with E-state index in [1.54, 1.807) is 49.6 Å². The third-order valence-electron chi connectivity index (χ3n) is 8.61. The minimum absolute atomic E-state index is 0.0711. The van der Waals surface area contributed by atoms with E-state index in [-0.39, 0.29) is 23.2 Å². The summed E-state index contributed by atoms with van der Waals surface area (Å²) in [5.74, 6) is 13.0. The number of benzene rings is 3. The van der Waals surface area contributed by atoms with Crippen LogP contribution < -0.4 is 9.64 Å². The lowest BCUT2D eigenvalue weighted by Crippen LogP contribution is -2.57. The van der Waals surface area contributed by atoms with Crippen molar-refractivity contribution in [2.75, 3.05) is 24.4 Å². The Balaban J connectivity index is 1.23. The van der Waals surface area contributed by atoms with Gasteiger partial charge in [0.1, 0.15) is 29.6 Å². The highest BCUT2D eigenvalue weighted by Gasteiger charge is 2.81. The van der Waals surface area contributed by atoms with Crippen LogP contribution >= 0.6 is 0 Å². The van der Waals surface area contributed by atoms with Gasteiger partial charge >= 0.3 is 6.09 Å². The van der Waals surface area contributed by atoms with E-state index in [0.717, 1.165) is 23.8 Å². The SMILES string of the molecule is COc1ccc2c(c1)[C@@]13O[C@]14CCC[C@@H]3C#C/C=C\C#C[C@@H]4N2C(=O)OCCS(=O)(=O)c1cccc2ccccc12. The molecule has 1 amide bonds. The summed E-state index contributed by atoms with van der Waals surface area (Å²) in [5, 5.41) is 1.47. The molecule has 2 aliphatic heterocycles. The van der Waals surface area contributed by atoms with E-state index in [1.165, 1.54) is 4.90 Å². The summed E-state index contributed by atoms with van der Waals surface area (Å²) in [4.78, 5) is 15.6. The maximum atomic E-state index is 13.8. The van der Waals surface area contributed by atoms with Gasteiger partial charge in [0.25, 0.3) is 0 Å². The molecule has 7 nitrogen and oxygen atoms in total. The predicted octanol–water partition coefficient (Wildman–Crippen LogP) is 4.99. The Morgan fingerprint density at radius 1 is 1.07 bits per heavy atom. The molecule has 4 bridgehead atoms. The molecular weight excluding hydrogens is 538 g/mol. The quantitative estimate of drug-likeness (QED) is 0.320. The van der Waals surface area contributed by atoms with Crippen molar-refractivity contribution in [1.29, 1.82) is 0 Å². The first-order chi connectivity index (χ1) is 19.9. The molecule has 7 rings (SSSR count). The van der Waals surface area contributed by atoms with Gasteiger partial charge < -0.3 is 14.2 Å². The minimum atomic E-state index is -3.73. The maximum absolute atomic E-state index is 13.8. The first-order valence-corrected chi connectivity index (χ1v) is 15.3.